The van der Waals surface area contributed by atoms with Crippen LogP contribution in [0.4, 0.5) is 5.82 Å². The van der Waals surface area contributed by atoms with Crippen molar-refractivity contribution in [2.24, 2.45) is 0 Å². The normalized spacial score (nSPS) is 19.4. The quantitative estimate of drug-likeness (QED) is 0.795. The third-order valence-corrected chi connectivity index (χ3v) is 5.24. The highest BCUT2D eigenvalue weighted by atomic mass is 15.4. The van der Waals surface area contributed by atoms with Gasteiger partial charge in [-0.3, -0.25) is 0 Å². The van der Waals surface area contributed by atoms with E-state index in [1.807, 2.05) is 47.0 Å². The van der Waals surface area contributed by atoms with Gasteiger partial charge in [0.05, 0.1) is 0 Å². The van der Waals surface area contributed by atoms with Gasteiger partial charge in [0.15, 0.2) is 11.5 Å². The lowest BCUT2D eigenvalue weighted by atomic mass is 10.1. The standard InChI is InChI=1S/C19H22N6/c1-2-4-14(5-3-1)19-22-21-18-9-8-17(23-25(18)19)20-15-10-12-24(13-11-15)16-6-7-16/h1-5,8-9,15-16H,6-7,10-13H2,(H,20,23). The first-order valence-corrected chi connectivity index (χ1v) is 9.15. The molecule has 3 aromatic rings. The molecule has 1 saturated heterocycles. The van der Waals surface area contributed by atoms with Crippen molar-refractivity contribution >= 4 is 11.5 Å². The van der Waals surface area contributed by atoms with Gasteiger partial charge in [-0.2, -0.15) is 4.52 Å². The van der Waals surface area contributed by atoms with Gasteiger partial charge in [0.1, 0.15) is 5.82 Å². The zero-order valence-corrected chi connectivity index (χ0v) is 14.2. The number of nitrogens with one attached hydrogen (secondary N) is 1. The van der Waals surface area contributed by atoms with Crippen LogP contribution in [0.15, 0.2) is 42.5 Å². The summed E-state index contributed by atoms with van der Waals surface area (Å²) in [5, 5.41) is 16.9. The van der Waals surface area contributed by atoms with Crippen LogP contribution in [0, 0.1) is 0 Å². The summed E-state index contributed by atoms with van der Waals surface area (Å²) in [4.78, 5) is 2.64. The van der Waals surface area contributed by atoms with Crippen molar-refractivity contribution in [3.05, 3.63) is 42.5 Å². The maximum atomic E-state index is 4.74. The summed E-state index contributed by atoms with van der Waals surface area (Å²) in [6.07, 6.45) is 5.16. The molecule has 1 saturated carbocycles. The first-order chi connectivity index (χ1) is 12.4. The van der Waals surface area contributed by atoms with Gasteiger partial charge in [-0.25, -0.2) is 0 Å². The van der Waals surface area contributed by atoms with Crippen molar-refractivity contribution in [1.82, 2.24) is 24.7 Å². The summed E-state index contributed by atoms with van der Waals surface area (Å²) in [5.74, 6) is 1.68. The number of hydrogen-bond donors (Lipinski definition) is 1. The highest BCUT2D eigenvalue weighted by Crippen LogP contribution is 2.29. The van der Waals surface area contributed by atoms with E-state index in [4.69, 9.17) is 5.10 Å². The molecule has 25 heavy (non-hydrogen) atoms. The van der Waals surface area contributed by atoms with Gasteiger partial charge in [0.2, 0.25) is 0 Å². The molecule has 0 spiro atoms. The van der Waals surface area contributed by atoms with Crippen LogP contribution in [0.25, 0.3) is 17.0 Å². The van der Waals surface area contributed by atoms with E-state index in [1.54, 1.807) is 0 Å². The fraction of sp³-hybridized carbons (Fsp3) is 0.421. The topological polar surface area (TPSA) is 58.4 Å². The van der Waals surface area contributed by atoms with E-state index >= 15 is 0 Å². The molecule has 3 heterocycles. The lowest BCUT2D eigenvalue weighted by molar-refractivity contribution is 0.210. The minimum absolute atomic E-state index is 0.497. The Balaban J connectivity index is 1.35. The van der Waals surface area contributed by atoms with Gasteiger partial charge in [-0.15, -0.1) is 15.3 Å². The molecule has 1 aromatic carbocycles. The van der Waals surface area contributed by atoms with Gasteiger partial charge in [0, 0.05) is 30.7 Å². The Labute approximate surface area is 146 Å². The number of rotatable bonds is 4. The van der Waals surface area contributed by atoms with Gasteiger partial charge in [0.25, 0.3) is 0 Å². The van der Waals surface area contributed by atoms with Crippen LogP contribution in [0.1, 0.15) is 25.7 Å². The van der Waals surface area contributed by atoms with Crippen LogP contribution in [-0.4, -0.2) is 49.9 Å². The Morgan fingerprint density at radius 3 is 2.44 bits per heavy atom. The molecule has 6 nitrogen and oxygen atoms in total. The Morgan fingerprint density at radius 2 is 1.68 bits per heavy atom. The van der Waals surface area contributed by atoms with Gasteiger partial charge in [-0.1, -0.05) is 30.3 Å². The summed E-state index contributed by atoms with van der Waals surface area (Å²) >= 11 is 0. The zero-order chi connectivity index (χ0) is 16.6. The monoisotopic (exact) mass is 334 g/mol. The predicted octanol–water partition coefficient (Wildman–Crippen LogP) is 2.83. The van der Waals surface area contributed by atoms with E-state index < -0.39 is 0 Å². The third-order valence-electron chi connectivity index (χ3n) is 5.24. The van der Waals surface area contributed by atoms with E-state index in [0.717, 1.165) is 28.9 Å². The lowest BCUT2D eigenvalue weighted by Gasteiger charge is -2.32. The molecule has 0 bridgehead atoms. The predicted molar refractivity (Wildman–Crippen MR) is 97.5 cm³/mol. The molecule has 0 unspecified atom stereocenters. The van der Waals surface area contributed by atoms with E-state index in [0.29, 0.717) is 6.04 Å². The minimum atomic E-state index is 0.497. The average molecular weight is 334 g/mol. The number of fused-ring (bicyclic) bond motifs is 1. The highest BCUT2D eigenvalue weighted by Gasteiger charge is 2.31. The molecule has 1 aliphatic carbocycles. The molecule has 128 valence electrons. The van der Waals surface area contributed by atoms with E-state index in [2.05, 4.69) is 20.4 Å². The summed E-state index contributed by atoms with van der Waals surface area (Å²) < 4.78 is 1.83. The fourth-order valence-corrected chi connectivity index (χ4v) is 3.69. The summed E-state index contributed by atoms with van der Waals surface area (Å²) in [7, 11) is 0. The molecular formula is C19H22N6. The highest BCUT2D eigenvalue weighted by molar-refractivity contribution is 5.59. The Bertz CT molecular complexity index is 862. The number of piperidine rings is 1. The van der Waals surface area contributed by atoms with Gasteiger partial charge < -0.3 is 10.2 Å². The smallest absolute Gasteiger partial charge is 0.185 e. The number of hydrogen-bond acceptors (Lipinski definition) is 5. The maximum Gasteiger partial charge on any atom is 0.185 e. The summed E-state index contributed by atoms with van der Waals surface area (Å²) in [6.45, 7) is 2.40. The summed E-state index contributed by atoms with van der Waals surface area (Å²) in [6, 6.07) is 15.4. The SMILES string of the molecule is c1ccc(-c2nnc3ccc(NC4CCN(C5CC5)CC4)nn23)cc1. The van der Waals surface area contributed by atoms with Crippen molar-refractivity contribution in [2.45, 2.75) is 37.8 Å². The third kappa shape index (κ3) is 2.98. The Morgan fingerprint density at radius 1 is 0.880 bits per heavy atom. The zero-order valence-electron chi connectivity index (χ0n) is 14.2. The fourth-order valence-electron chi connectivity index (χ4n) is 3.69. The van der Waals surface area contributed by atoms with Crippen LogP contribution in [0.3, 0.4) is 0 Å². The summed E-state index contributed by atoms with van der Waals surface area (Å²) in [5.41, 5.74) is 1.80. The minimum Gasteiger partial charge on any atom is -0.366 e. The van der Waals surface area contributed by atoms with Gasteiger partial charge in [-0.05, 0) is 37.8 Å². The van der Waals surface area contributed by atoms with Crippen molar-refractivity contribution in [1.29, 1.82) is 0 Å². The van der Waals surface area contributed by atoms with Crippen molar-refractivity contribution in [3.63, 3.8) is 0 Å². The largest absolute Gasteiger partial charge is 0.366 e. The number of aromatic nitrogens is 4. The number of nitrogens with zero attached hydrogens (tertiary/aromatic N) is 5. The molecule has 0 radical (unpaired) electrons. The van der Waals surface area contributed by atoms with E-state index in [9.17, 15) is 0 Å². The Kier molecular flexibility index (Phi) is 3.63. The van der Waals surface area contributed by atoms with Crippen LogP contribution in [0.5, 0.6) is 0 Å². The van der Waals surface area contributed by atoms with Crippen molar-refractivity contribution < 1.29 is 0 Å². The molecule has 0 atom stereocenters. The van der Waals surface area contributed by atoms with Crippen molar-refractivity contribution in [2.75, 3.05) is 18.4 Å². The van der Waals surface area contributed by atoms with Crippen LogP contribution >= 0.6 is 0 Å². The number of likely N-dealkylation sites (tertiary alicyclic amines) is 1. The maximum absolute atomic E-state index is 4.74. The van der Waals surface area contributed by atoms with Crippen LogP contribution < -0.4 is 5.32 Å². The second kappa shape index (κ2) is 6.11. The van der Waals surface area contributed by atoms with Gasteiger partial charge >= 0.3 is 0 Å². The molecular weight excluding hydrogens is 312 g/mol. The molecule has 1 aliphatic heterocycles. The van der Waals surface area contributed by atoms with Crippen LogP contribution in [-0.2, 0) is 0 Å². The average Bonchev–Trinajstić information content (AvgIpc) is 3.43. The first kappa shape index (κ1) is 14.8. The Hall–Kier alpha value is -2.47. The molecule has 5 rings (SSSR count). The van der Waals surface area contributed by atoms with E-state index in [-0.39, 0.29) is 0 Å². The van der Waals surface area contributed by atoms with E-state index in [1.165, 1.54) is 38.8 Å². The van der Waals surface area contributed by atoms with Crippen LogP contribution in [0.2, 0.25) is 0 Å². The second-order valence-electron chi connectivity index (χ2n) is 7.06. The molecule has 0 amide bonds. The van der Waals surface area contributed by atoms with Crippen molar-refractivity contribution in [3.8, 4) is 11.4 Å². The molecule has 2 aromatic heterocycles. The number of anilines is 1. The molecule has 1 N–H and O–H groups in total. The first-order valence-electron chi connectivity index (χ1n) is 9.15. The second-order valence-corrected chi connectivity index (χ2v) is 7.06. The molecule has 6 heteroatoms. The lowest BCUT2D eigenvalue weighted by Crippen LogP contribution is -2.40. The number of benzene rings is 1. The molecule has 2 aliphatic rings. The molecule has 2 fully saturated rings.